The standard InChI is InChI=1S/C13H13N5/c1-18-6-5-11-12(15-8-16-13(11)18)17-10-4-2-3-9(14)7-10/h2-8H,14H2,1H3,(H,15,16,17). The number of aryl methyl sites for hydroxylation is 1. The van der Waals surface area contributed by atoms with Gasteiger partial charge in [0.2, 0.25) is 0 Å². The Balaban J connectivity index is 2.05. The van der Waals surface area contributed by atoms with Crippen molar-refractivity contribution in [2.24, 2.45) is 7.05 Å². The van der Waals surface area contributed by atoms with Gasteiger partial charge in [-0.25, -0.2) is 9.97 Å². The highest BCUT2D eigenvalue weighted by molar-refractivity contribution is 5.89. The van der Waals surface area contributed by atoms with Crippen molar-refractivity contribution in [3.63, 3.8) is 0 Å². The molecule has 18 heavy (non-hydrogen) atoms. The Hall–Kier alpha value is -2.56. The molecule has 2 heterocycles. The molecule has 0 unspecified atom stereocenters. The second-order valence-electron chi connectivity index (χ2n) is 4.14. The zero-order valence-electron chi connectivity index (χ0n) is 9.96. The first-order valence-electron chi connectivity index (χ1n) is 5.62. The lowest BCUT2D eigenvalue weighted by Crippen LogP contribution is -1.97. The Bertz CT molecular complexity index is 701. The van der Waals surface area contributed by atoms with Crippen LogP contribution in [0.25, 0.3) is 11.0 Å². The minimum atomic E-state index is 0.721. The first-order valence-corrected chi connectivity index (χ1v) is 5.62. The molecule has 0 amide bonds. The van der Waals surface area contributed by atoms with Gasteiger partial charge < -0.3 is 15.6 Å². The van der Waals surface area contributed by atoms with Crippen LogP contribution in [0.15, 0.2) is 42.9 Å². The molecular weight excluding hydrogens is 226 g/mol. The van der Waals surface area contributed by atoms with Gasteiger partial charge in [-0.05, 0) is 24.3 Å². The Morgan fingerprint density at radius 3 is 2.94 bits per heavy atom. The number of fused-ring (bicyclic) bond motifs is 1. The molecule has 0 aliphatic carbocycles. The fraction of sp³-hybridized carbons (Fsp3) is 0.0769. The van der Waals surface area contributed by atoms with Gasteiger partial charge in [-0.2, -0.15) is 0 Å². The van der Waals surface area contributed by atoms with E-state index in [0.717, 1.165) is 28.2 Å². The topological polar surface area (TPSA) is 68.8 Å². The van der Waals surface area contributed by atoms with E-state index in [2.05, 4.69) is 15.3 Å². The molecule has 3 rings (SSSR count). The first-order chi connectivity index (χ1) is 8.74. The van der Waals surface area contributed by atoms with Crippen molar-refractivity contribution in [3.05, 3.63) is 42.9 Å². The molecule has 0 aliphatic rings. The molecule has 0 saturated heterocycles. The lowest BCUT2D eigenvalue weighted by atomic mass is 10.2. The summed E-state index contributed by atoms with van der Waals surface area (Å²) in [6.45, 7) is 0. The lowest BCUT2D eigenvalue weighted by molar-refractivity contribution is 0.944. The molecule has 0 aliphatic heterocycles. The Morgan fingerprint density at radius 1 is 1.22 bits per heavy atom. The van der Waals surface area contributed by atoms with Gasteiger partial charge in [0.25, 0.3) is 0 Å². The fourth-order valence-electron chi connectivity index (χ4n) is 1.93. The molecule has 2 aromatic heterocycles. The van der Waals surface area contributed by atoms with Crippen molar-refractivity contribution in [1.29, 1.82) is 0 Å². The van der Waals surface area contributed by atoms with Crippen LogP contribution < -0.4 is 11.1 Å². The average molecular weight is 239 g/mol. The molecule has 0 radical (unpaired) electrons. The fourth-order valence-corrected chi connectivity index (χ4v) is 1.93. The highest BCUT2D eigenvalue weighted by atomic mass is 15.1. The summed E-state index contributed by atoms with van der Waals surface area (Å²) in [5.74, 6) is 0.784. The van der Waals surface area contributed by atoms with E-state index in [0.29, 0.717) is 0 Å². The number of nitrogens with two attached hydrogens (primary N) is 1. The molecule has 1 aromatic carbocycles. The summed E-state index contributed by atoms with van der Waals surface area (Å²) in [4.78, 5) is 8.52. The predicted octanol–water partition coefficient (Wildman–Crippen LogP) is 2.29. The van der Waals surface area contributed by atoms with Crippen molar-refractivity contribution >= 4 is 28.2 Å². The molecule has 5 heteroatoms. The van der Waals surface area contributed by atoms with E-state index >= 15 is 0 Å². The smallest absolute Gasteiger partial charge is 0.145 e. The maximum atomic E-state index is 5.75. The van der Waals surface area contributed by atoms with Crippen molar-refractivity contribution < 1.29 is 0 Å². The minimum absolute atomic E-state index is 0.721. The van der Waals surface area contributed by atoms with Crippen LogP contribution in [-0.4, -0.2) is 14.5 Å². The first kappa shape index (κ1) is 10.6. The van der Waals surface area contributed by atoms with Gasteiger partial charge in [0.1, 0.15) is 17.8 Å². The summed E-state index contributed by atoms with van der Waals surface area (Å²) < 4.78 is 1.96. The van der Waals surface area contributed by atoms with E-state index in [1.54, 1.807) is 6.33 Å². The molecule has 3 aromatic rings. The van der Waals surface area contributed by atoms with Crippen LogP contribution in [0.4, 0.5) is 17.2 Å². The number of nitrogen functional groups attached to an aromatic ring is 1. The van der Waals surface area contributed by atoms with Gasteiger partial charge in [-0.3, -0.25) is 0 Å². The predicted molar refractivity (Wildman–Crippen MR) is 72.6 cm³/mol. The van der Waals surface area contributed by atoms with Crippen LogP contribution in [0, 0.1) is 0 Å². The number of nitrogens with one attached hydrogen (secondary N) is 1. The molecule has 0 spiro atoms. The van der Waals surface area contributed by atoms with Crippen molar-refractivity contribution in [3.8, 4) is 0 Å². The summed E-state index contributed by atoms with van der Waals surface area (Å²) in [6.07, 6.45) is 3.51. The highest BCUT2D eigenvalue weighted by Crippen LogP contribution is 2.23. The quantitative estimate of drug-likeness (QED) is 0.673. The number of nitrogens with zero attached hydrogens (tertiary/aromatic N) is 3. The molecular formula is C13H13N5. The third-order valence-electron chi connectivity index (χ3n) is 2.81. The van der Waals surface area contributed by atoms with E-state index in [-0.39, 0.29) is 0 Å². The lowest BCUT2D eigenvalue weighted by Gasteiger charge is -2.07. The zero-order valence-corrected chi connectivity index (χ0v) is 9.96. The van der Waals surface area contributed by atoms with Gasteiger partial charge in [0.15, 0.2) is 0 Å². The minimum Gasteiger partial charge on any atom is -0.399 e. The van der Waals surface area contributed by atoms with Crippen LogP contribution >= 0.6 is 0 Å². The van der Waals surface area contributed by atoms with Gasteiger partial charge in [0, 0.05) is 24.6 Å². The molecule has 3 N–H and O–H groups in total. The molecule has 0 saturated carbocycles. The van der Waals surface area contributed by atoms with Crippen LogP contribution in [0.5, 0.6) is 0 Å². The van der Waals surface area contributed by atoms with Crippen molar-refractivity contribution in [2.75, 3.05) is 11.1 Å². The van der Waals surface area contributed by atoms with Gasteiger partial charge in [0.05, 0.1) is 5.39 Å². The Labute approximate surface area is 104 Å². The van der Waals surface area contributed by atoms with Crippen molar-refractivity contribution in [1.82, 2.24) is 14.5 Å². The molecule has 0 atom stereocenters. The van der Waals surface area contributed by atoms with E-state index < -0.39 is 0 Å². The van der Waals surface area contributed by atoms with Gasteiger partial charge in [-0.15, -0.1) is 0 Å². The molecule has 0 bridgehead atoms. The normalized spacial score (nSPS) is 10.7. The number of rotatable bonds is 2. The SMILES string of the molecule is Cn1ccc2c(Nc3cccc(N)c3)ncnc21. The number of aromatic nitrogens is 3. The summed E-state index contributed by atoms with van der Waals surface area (Å²) in [5, 5.41) is 4.24. The molecule has 0 fully saturated rings. The van der Waals surface area contributed by atoms with Gasteiger partial charge >= 0.3 is 0 Å². The average Bonchev–Trinajstić information content (AvgIpc) is 2.73. The van der Waals surface area contributed by atoms with Crippen LogP contribution in [-0.2, 0) is 7.05 Å². The van der Waals surface area contributed by atoms with E-state index in [4.69, 9.17) is 5.73 Å². The third-order valence-corrected chi connectivity index (χ3v) is 2.81. The summed E-state index contributed by atoms with van der Waals surface area (Å²) in [5.41, 5.74) is 8.29. The number of hydrogen-bond donors (Lipinski definition) is 2. The van der Waals surface area contributed by atoms with Crippen LogP contribution in [0.2, 0.25) is 0 Å². The Morgan fingerprint density at radius 2 is 2.11 bits per heavy atom. The van der Waals surface area contributed by atoms with E-state index in [1.165, 1.54) is 0 Å². The van der Waals surface area contributed by atoms with Crippen molar-refractivity contribution in [2.45, 2.75) is 0 Å². The maximum absolute atomic E-state index is 5.75. The third kappa shape index (κ3) is 1.75. The number of hydrogen-bond acceptors (Lipinski definition) is 4. The number of benzene rings is 1. The zero-order chi connectivity index (χ0) is 12.5. The van der Waals surface area contributed by atoms with Gasteiger partial charge in [-0.1, -0.05) is 6.07 Å². The monoisotopic (exact) mass is 239 g/mol. The number of anilines is 3. The largest absolute Gasteiger partial charge is 0.399 e. The second-order valence-corrected chi connectivity index (χ2v) is 4.14. The molecule has 5 nitrogen and oxygen atoms in total. The van der Waals surface area contributed by atoms with E-state index in [9.17, 15) is 0 Å². The maximum Gasteiger partial charge on any atom is 0.145 e. The highest BCUT2D eigenvalue weighted by Gasteiger charge is 2.06. The Kier molecular flexibility index (Phi) is 2.37. The summed E-state index contributed by atoms with van der Waals surface area (Å²) in [6, 6.07) is 9.57. The second kappa shape index (κ2) is 4.03. The summed E-state index contributed by atoms with van der Waals surface area (Å²) in [7, 11) is 1.96. The van der Waals surface area contributed by atoms with E-state index in [1.807, 2.05) is 48.1 Å². The van der Waals surface area contributed by atoms with Crippen LogP contribution in [0.3, 0.4) is 0 Å². The molecule has 90 valence electrons. The van der Waals surface area contributed by atoms with Crippen LogP contribution in [0.1, 0.15) is 0 Å². The summed E-state index contributed by atoms with van der Waals surface area (Å²) >= 11 is 0.